The van der Waals surface area contributed by atoms with Crippen molar-refractivity contribution in [3.63, 3.8) is 0 Å². The summed E-state index contributed by atoms with van der Waals surface area (Å²) in [6.07, 6.45) is 7.02. The normalized spacial score (nSPS) is 20.0. The number of hydrogen-bond donors (Lipinski definition) is 0. The van der Waals surface area contributed by atoms with Gasteiger partial charge in [-0.3, -0.25) is 14.3 Å². The molecule has 30 heavy (non-hydrogen) atoms. The van der Waals surface area contributed by atoms with Crippen LogP contribution in [0.25, 0.3) is 0 Å². The Balaban J connectivity index is 1.64. The molecule has 1 unspecified atom stereocenters. The molecular weight excluding hydrogens is 382 g/mol. The van der Waals surface area contributed by atoms with Gasteiger partial charge in [0.05, 0.1) is 11.8 Å². The van der Waals surface area contributed by atoms with Crippen LogP contribution in [0.1, 0.15) is 55.1 Å². The third kappa shape index (κ3) is 5.40. The van der Waals surface area contributed by atoms with Gasteiger partial charge in [-0.25, -0.2) is 0 Å². The van der Waals surface area contributed by atoms with Crippen LogP contribution < -0.4 is 0 Å². The summed E-state index contributed by atoms with van der Waals surface area (Å²) in [6.45, 7) is 10.2. The van der Waals surface area contributed by atoms with Gasteiger partial charge in [0.15, 0.2) is 0 Å². The van der Waals surface area contributed by atoms with Crippen LogP contribution in [0.4, 0.5) is 0 Å². The Morgan fingerprint density at radius 3 is 2.67 bits per heavy atom. The van der Waals surface area contributed by atoms with Gasteiger partial charge in [-0.2, -0.15) is 5.10 Å². The van der Waals surface area contributed by atoms with Crippen LogP contribution in [0.2, 0.25) is 0 Å². The molecule has 8 nitrogen and oxygen atoms in total. The molecule has 3 heterocycles. The van der Waals surface area contributed by atoms with Crippen molar-refractivity contribution in [2.45, 2.75) is 58.5 Å². The van der Waals surface area contributed by atoms with Gasteiger partial charge in [-0.05, 0) is 65.6 Å². The molecule has 0 N–H and O–H groups in total. The highest BCUT2D eigenvalue weighted by Crippen LogP contribution is 2.20. The molecule has 1 aromatic rings. The second-order valence-corrected chi connectivity index (χ2v) is 8.43. The molecule has 2 aliphatic rings. The minimum atomic E-state index is 0.0214. The highest BCUT2D eigenvalue weighted by atomic mass is 16.5. The lowest BCUT2D eigenvalue weighted by Crippen LogP contribution is -2.53. The Morgan fingerprint density at radius 1 is 1.23 bits per heavy atom. The van der Waals surface area contributed by atoms with Crippen LogP contribution in [0.15, 0.2) is 6.20 Å². The molecule has 0 radical (unpaired) electrons. The maximum absolute atomic E-state index is 13.1. The largest absolute Gasteiger partial charge is 0.375 e. The maximum atomic E-state index is 13.1. The Bertz CT molecular complexity index is 714. The van der Waals surface area contributed by atoms with Crippen molar-refractivity contribution >= 4 is 11.8 Å². The number of ether oxygens (including phenoxy) is 1. The molecule has 2 saturated heterocycles. The number of aryl methyl sites for hydroxylation is 1. The monoisotopic (exact) mass is 419 g/mol. The minimum Gasteiger partial charge on any atom is -0.375 e. The van der Waals surface area contributed by atoms with E-state index in [1.54, 1.807) is 13.3 Å². The summed E-state index contributed by atoms with van der Waals surface area (Å²) in [5.41, 5.74) is 1.57. The van der Waals surface area contributed by atoms with Crippen LogP contribution in [0.5, 0.6) is 0 Å². The first kappa shape index (κ1) is 22.7. The molecular formula is C22H37N5O3. The predicted molar refractivity (Wildman–Crippen MR) is 115 cm³/mol. The Kier molecular flexibility index (Phi) is 8.27. The summed E-state index contributed by atoms with van der Waals surface area (Å²) >= 11 is 0. The first-order chi connectivity index (χ1) is 14.5. The Hall–Kier alpha value is -1.93. The number of rotatable bonds is 9. The van der Waals surface area contributed by atoms with Gasteiger partial charge in [0.25, 0.3) is 5.91 Å². The number of carbonyl (C=O) groups is 2. The zero-order chi connectivity index (χ0) is 21.5. The summed E-state index contributed by atoms with van der Waals surface area (Å²) < 4.78 is 6.99. The zero-order valence-corrected chi connectivity index (χ0v) is 18.8. The second kappa shape index (κ2) is 10.9. The van der Waals surface area contributed by atoms with E-state index in [2.05, 4.69) is 10.00 Å². The lowest BCUT2D eigenvalue weighted by atomic mass is 10.0. The van der Waals surface area contributed by atoms with Crippen LogP contribution in [0, 0.1) is 6.92 Å². The quantitative estimate of drug-likeness (QED) is 0.610. The van der Waals surface area contributed by atoms with E-state index in [4.69, 9.17) is 4.74 Å². The Morgan fingerprint density at radius 2 is 2.00 bits per heavy atom. The van der Waals surface area contributed by atoms with E-state index in [0.29, 0.717) is 12.1 Å². The average Bonchev–Trinajstić information content (AvgIpc) is 3.40. The predicted octanol–water partition coefficient (Wildman–Crippen LogP) is 1.78. The Labute approximate surface area is 180 Å². The number of piperidine rings is 1. The van der Waals surface area contributed by atoms with Crippen molar-refractivity contribution in [1.29, 1.82) is 0 Å². The van der Waals surface area contributed by atoms with Crippen LogP contribution in [-0.2, 0) is 16.1 Å². The SMILES string of the molecule is CCn1ncc(C(=O)N2CCCC(N(CCCN3CCCC3)C(=O)COC)C2)c1C. The van der Waals surface area contributed by atoms with Crippen molar-refractivity contribution in [3.05, 3.63) is 17.5 Å². The van der Waals surface area contributed by atoms with E-state index in [9.17, 15) is 9.59 Å². The third-order valence-corrected chi connectivity index (χ3v) is 6.42. The number of nitrogens with zero attached hydrogens (tertiary/aromatic N) is 5. The fraction of sp³-hybridized carbons (Fsp3) is 0.773. The van der Waals surface area contributed by atoms with E-state index in [1.165, 1.54) is 25.9 Å². The summed E-state index contributed by atoms with van der Waals surface area (Å²) in [6, 6.07) is 0.0467. The number of methoxy groups -OCH3 is 1. The summed E-state index contributed by atoms with van der Waals surface area (Å²) in [5, 5.41) is 4.32. The highest BCUT2D eigenvalue weighted by Gasteiger charge is 2.32. The van der Waals surface area contributed by atoms with E-state index < -0.39 is 0 Å². The van der Waals surface area contributed by atoms with Crippen LogP contribution in [0.3, 0.4) is 0 Å². The van der Waals surface area contributed by atoms with Crippen LogP contribution in [-0.4, -0.2) is 95.3 Å². The smallest absolute Gasteiger partial charge is 0.257 e. The van der Waals surface area contributed by atoms with Gasteiger partial charge in [0.2, 0.25) is 5.91 Å². The molecule has 0 aliphatic carbocycles. The number of amides is 2. The van der Waals surface area contributed by atoms with E-state index >= 15 is 0 Å². The van der Waals surface area contributed by atoms with Gasteiger partial charge in [-0.15, -0.1) is 0 Å². The number of hydrogen-bond acceptors (Lipinski definition) is 5. The van der Waals surface area contributed by atoms with Gasteiger partial charge >= 0.3 is 0 Å². The van der Waals surface area contributed by atoms with Crippen molar-refractivity contribution < 1.29 is 14.3 Å². The summed E-state index contributed by atoms with van der Waals surface area (Å²) in [4.78, 5) is 32.3. The van der Waals surface area contributed by atoms with Gasteiger partial charge < -0.3 is 19.4 Å². The maximum Gasteiger partial charge on any atom is 0.257 e. The fourth-order valence-electron chi connectivity index (χ4n) is 4.73. The lowest BCUT2D eigenvalue weighted by Gasteiger charge is -2.39. The third-order valence-electron chi connectivity index (χ3n) is 6.42. The summed E-state index contributed by atoms with van der Waals surface area (Å²) in [7, 11) is 1.56. The number of carbonyl (C=O) groups excluding carboxylic acids is 2. The van der Waals surface area contributed by atoms with E-state index in [0.717, 1.165) is 51.1 Å². The van der Waals surface area contributed by atoms with Gasteiger partial charge in [0.1, 0.15) is 6.61 Å². The molecule has 8 heteroatoms. The first-order valence-corrected chi connectivity index (χ1v) is 11.4. The topological polar surface area (TPSA) is 70.9 Å². The molecule has 0 saturated carbocycles. The second-order valence-electron chi connectivity index (χ2n) is 8.43. The molecule has 2 aliphatic heterocycles. The number of likely N-dealkylation sites (tertiary alicyclic amines) is 2. The molecule has 0 aromatic carbocycles. The molecule has 3 rings (SSSR count). The van der Waals surface area contributed by atoms with Crippen molar-refractivity contribution in [2.75, 3.05) is 53.0 Å². The van der Waals surface area contributed by atoms with Gasteiger partial charge in [0, 0.05) is 45.0 Å². The minimum absolute atomic E-state index is 0.0214. The molecule has 2 amide bonds. The van der Waals surface area contributed by atoms with Crippen LogP contribution >= 0.6 is 0 Å². The van der Waals surface area contributed by atoms with Crippen molar-refractivity contribution in [1.82, 2.24) is 24.5 Å². The van der Waals surface area contributed by atoms with Crippen molar-refractivity contribution in [2.24, 2.45) is 0 Å². The average molecular weight is 420 g/mol. The number of aromatic nitrogens is 2. The molecule has 2 fully saturated rings. The lowest BCUT2D eigenvalue weighted by molar-refractivity contribution is -0.138. The van der Waals surface area contributed by atoms with Gasteiger partial charge in [-0.1, -0.05) is 0 Å². The molecule has 0 bridgehead atoms. The molecule has 0 spiro atoms. The van der Waals surface area contributed by atoms with Crippen molar-refractivity contribution in [3.8, 4) is 0 Å². The van der Waals surface area contributed by atoms with E-state index in [1.807, 2.05) is 28.3 Å². The molecule has 168 valence electrons. The zero-order valence-electron chi connectivity index (χ0n) is 18.8. The van der Waals surface area contributed by atoms with E-state index in [-0.39, 0.29) is 24.5 Å². The summed E-state index contributed by atoms with van der Waals surface area (Å²) in [5.74, 6) is 0.0429. The molecule has 1 atom stereocenters. The standard InChI is InChI=1S/C22H37N5O3/c1-4-27-18(2)20(15-23-27)22(29)25-13-7-9-19(16-25)26(21(28)17-30-3)14-8-12-24-10-5-6-11-24/h15,19H,4-14,16-17H2,1-3H3. The highest BCUT2D eigenvalue weighted by molar-refractivity contribution is 5.95. The molecule has 1 aromatic heterocycles. The first-order valence-electron chi connectivity index (χ1n) is 11.4. The fourth-order valence-corrected chi connectivity index (χ4v) is 4.73.